The number of rotatable bonds is 3. The summed E-state index contributed by atoms with van der Waals surface area (Å²) in [5, 5.41) is 0. The van der Waals surface area contributed by atoms with E-state index in [9.17, 15) is 0 Å². The van der Waals surface area contributed by atoms with Crippen LogP contribution >= 0.6 is 0 Å². The fourth-order valence-corrected chi connectivity index (χ4v) is 3.95. The van der Waals surface area contributed by atoms with Crippen molar-refractivity contribution in [2.45, 2.75) is 44.8 Å². The van der Waals surface area contributed by atoms with Gasteiger partial charge < -0.3 is 4.74 Å². The SMILES string of the molecule is COc1ccccc1CN1[C@@H]2CC[C@@H]1c1cnc(C)nc1C2. The molecule has 0 N–H and O–H groups in total. The van der Waals surface area contributed by atoms with Crippen LogP contribution < -0.4 is 4.74 Å². The molecular formula is C18H21N3O. The molecule has 2 aliphatic heterocycles. The zero-order valence-corrected chi connectivity index (χ0v) is 13.1. The van der Waals surface area contributed by atoms with Crippen LogP contribution in [0.3, 0.4) is 0 Å². The maximum absolute atomic E-state index is 5.51. The predicted molar refractivity (Wildman–Crippen MR) is 84.8 cm³/mol. The van der Waals surface area contributed by atoms with Crippen molar-refractivity contribution in [2.24, 2.45) is 0 Å². The van der Waals surface area contributed by atoms with E-state index in [-0.39, 0.29) is 0 Å². The minimum atomic E-state index is 0.458. The van der Waals surface area contributed by atoms with Gasteiger partial charge in [0.2, 0.25) is 0 Å². The average molecular weight is 295 g/mol. The third-order valence-corrected chi connectivity index (χ3v) is 5.00. The first-order chi connectivity index (χ1) is 10.8. The summed E-state index contributed by atoms with van der Waals surface area (Å²) in [6.07, 6.45) is 5.54. The van der Waals surface area contributed by atoms with Gasteiger partial charge in [0.05, 0.1) is 12.8 Å². The summed E-state index contributed by atoms with van der Waals surface area (Å²) in [4.78, 5) is 11.7. The minimum absolute atomic E-state index is 0.458. The molecule has 2 bridgehead atoms. The van der Waals surface area contributed by atoms with Crippen LogP contribution in [0.4, 0.5) is 0 Å². The Bertz CT molecular complexity index is 700. The third-order valence-electron chi connectivity index (χ3n) is 5.00. The van der Waals surface area contributed by atoms with Gasteiger partial charge in [-0.2, -0.15) is 0 Å². The van der Waals surface area contributed by atoms with E-state index in [1.54, 1.807) is 7.11 Å². The van der Waals surface area contributed by atoms with E-state index in [0.29, 0.717) is 12.1 Å². The van der Waals surface area contributed by atoms with Crippen molar-refractivity contribution in [3.8, 4) is 5.75 Å². The summed E-state index contributed by atoms with van der Waals surface area (Å²) in [7, 11) is 1.75. The molecule has 1 aromatic carbocycles. The number of benzene rings is 1. The Kier molecular flexibility index (Phi) is 3.34. The van der Waals surface area contributed by atoms with Gasteiger partial charge in [0, 0.05) is 42.4 Å². The monoisotopic (exact) mass is 295 g/mol. The number of nitrogens with zero attached hydrogens (tertiary/aromatic N) is 3. The number of fused-ring (bicyclic) bond motifs is 4. The Morgan fingerprint density at radius 2 is 2.14 bits per heavy atom. The van der Waals surface area contributed by atoms with Crippen molar-refractivity contribution in [3.63, 3.8) is 0 Å². The Hall–Kier alpha value is -1.94. The molecule has 1 aromatic heterocycles. The first-order valence-electron chi connectivity index (χ1n) is 7.96. The molecule has 1 fully saturated rings. The maximum Gasteiger partial charge on any atom is 0.125 e. The molecule has 4 rings (SSSR count). The van der Waals surface area contributed by atoms with Crippen molar-refractivity contribution in [3.05, 3.63) is 53.1 Å². The van der Waals surface area contributed by atoms with Gasteiger partial charge in [0.1, 0.15) is 11.6 Å². The van der Waals surface area contributed by atoms with Crippen molar-refractivity contribution >= 4 is 0 Å². The molecule has 0 saturated carbocycles. The Balaban J connectivity index is 1.66. The Morgan fingerprint density at radius 3 is 3.00 bits per heavy atom. The predicted octanol–water partition coefficient (Wildman–Crippen LogP) is 3.06. The zero-order chi connectivity index (χ0) is 15.1. The molecule has 2 atom stereocenters. The largest absolute Gasteiger partial charge is 0.496 e. The van der Waals surface area contributed by atoms with Gasteiger partial charge >= 0.3 is 0 Å². The summed E-state index contributed by atoms with van der Waals surface area (Å²) in [6, 6.07) is 9.38. The standard InChI is InChI=1S/C18H21N3O/c1-12-19-10-15-16(20-12)9-14-7-8-17(15)21(14)11-13-5-3-4-6-18(13)22-2/h3-6,10,14,17H,7-9,11H2,1-2H3/t14-,17-/m1/s1. The van der Waals surface area contributed by atoms with E-state index >= 15 is 0 Å². The highest BCUT2D eigenvalue weighted by Gasteiger charge is 2.40. The quantitative estimate of drug-likeness (QED) is 0.872. The second kappa shape index (κ2) is 5.36. The topological polar surface area (TPSA) is 38.2 Å². The van der Waals surface area contributed by atoms with Crippen molar-refractivity contribution in [1.29, 1.82) is 0 Å². The Labute approximate surface area is 131 Å². The number of para-hydroxylation sites is 1. The molecule has 4 heteroatoms. The molecule has 114 valence electrons. The van der Waals surface area contributed by atoms with Crippen LogP contribution in [0.1, 0.15) is 41.5 Å². The molecule has 0 unspecified atom stereocenters. The lowest BCUT2D eigenvalue weighted by Crippen LogP contribution is -2.37. The lowest BCUT2D eigenvalue weighted by Gasteiger charge is -2.35. The van der Waals surface area contributed by atoms with Crippen LogP contribution in [-0.4, -0.2) is 28.0 Å². The van der Waals surface area contributed by atoms with E-state index < -0.39 is 0 Å². The number of aromatic nitrogens is 2. The molecule has 0 radical (unpaired) electrons. The van der Waals surface area contributed by atoms with E-state index in [2.05, 4.69) is 27.0 Å². The van der Waals surface area contributed by atoms with E-state index in [0.717, 1.165) is 24.5 Å². The van der Waals surface area contributed by atoms with Crippen molar-refractivity contribution in [1.82, 2.24) is 14.9 Å². The van der Waals surface area contributed by atoms with Crippen LogP contribution in [0, 0.1) is 6.92 Å². The molecule has 0 spiro atoms. The highest BCUT2D eigenvalue weighted by atomic mass is 16.5. The second-order valence-electron chi connectivity index (χ2n) is 6.25. The summed E-state index contributed by atoms with van der Waals surface area (Å²) in [5.41, 5.74) is 3.85. The lowest BCUT2D eigenvalue weighted by atomic mass is 9.98. The molecule has 2 aromatic rings. The second-order valence-corrected chi connectivity index (χ2v) is 6.25. The van der Waals surface area contributed by atoms with Crippen LogP contribution in [-0.2, 0) is 13.0 Å². The zero-order valence-electron chi connectivity index (χ0n) is 13.1. The highest BCUT2D eigenvalue weighted by molar-refractivity contribution is 5.35. The fourth-order valence-electron chi connectivity index (χ4n) is 3.95. The summed E-state index contributed by atoms with van der Waals surface area (Å²) in [6.45, 7) is 2.91. The average Bonchev–Trinajstić information content (AvgIpc) is 2.81. The first-order valence-corrected chi connectivity index (χ1v) is 7.96. The molecule has 3 heterocycles. The number of aryl methyl sites for hydroxylation is 1. The molecule has 0 amide bonds. The number of ether oxygens (including phenoxy) is 1. The maximum atomic E-state index is 5.51. The normalized spacial score (nSPS) is 23.4. The third kappa shape index (κ3) is 2.18. The number of hydrogen-bond donors (Lipinski definition) is 0. The van der Waals surface area contributed by atoms with Crippen LogP contribution in [0.25, 0.3) is 0 Å². The number of methoxy groups -OCH3 is 1. The minimum Gasteiger partial charge on any atom is -0.496 e. The molecule has 1 saturated heterocycles. The summed E-state index contributed by atoms with van der Waals surface area (Å²) >= 11 is 0. The van der Waals surface area contributed by atoms with Crippen LogP contribution in [0.2, 0.25) is 0 Å². The summed E-state index contributed by atoms with van der Waals surface area (Å²) < 4.78 is 5.51. The molecule has 0 aliphatic carbocycles. The van der Waals surface area contributed by atoms with Gasteiger partial charge in [0.15, 0.2) is 0 Å². The van der Waals surface area contributed by atoms with E-state index in [4.69, 9.17) is 4.74 Å². The first kappa shape index (κ1) is 13.7. The lowest BCUT2D eigenvalue weighted by molar-refractivity contribution is 0.164. The van der Waals surface area contributed by atoms with Gasteiger partial charge in [-0.3, -0.25) is 4.90 Å². The van der Waals surface area contributed by atoms with Gasteiger partial charge in [0.25, 0.3) is 0 Å². The molecular weight excluding hydrogens is 274 g/mol. The van der Waals surface area contributed by atoms with Crippen LogP contribution in [0.5, 0.6) is 5.75 Å². The molecule has 4 nitrogen and oxygen atoms in total. The van der Waals surface area contributed by atoms with E-state index in [1.165, 1.54) is 29.7 Å². The van der Waals surface area contributed by atoms with Crippen molar-refractivity contribution in [2.75, 3.05) is 7.11 Å². The smallest absolute Gasteiger partial charge is 0.125 e. The molecule has 2 aliphatic rings. The Morgan fingerprint density at radius 1 is 1.27 bits per heavy atom. The van der Waals surface area contributed by atoms with Gasteiger partial charge in [-0.1, -0.05) is 18.2 Å². The number of hydrogen-bond acceptors (Lipinski definition) is 4. The summed E-state index contributed by atoms with van der Waals surface area (Å²) in [5.74, 6) is 1.86. The fraction of sp³-hybridized carbons (Fsp3) is 0.444. The van der Waals surface area contributed by atoms with Gasteiger partial charge in [-0.05, 0) is 25.8 Å². The van der Waals surface area contributed by atoms with Gasteiger partial charge in [-0.15, -0.1) is 0 Å². The van der Waals surface area contributed by atoms with E-state index in [1.807, 2.05) is 25.3 Å². The van der Waals surface area contributed by atoms with Gasteiger partial charge in [-0.25, -0.2) is 9.97 Å². The molecule has 22 heavy (non-hydrogen) atoms. The van der Waals surface area contributed by atoms with Crippen molar-refractivity contribution < 1.29 is 4.74 Å². The van der Waals surface area contributed by atoms with Crippen LogP contribution in [0.15, 0.2) is 30.5 Å². The highest BCUT2D eigenvalue weighted by Crippen LogP contribution is 2.44.